The third-order valence-corrected chi connectivity index (χ3v) is 9.30. The average molecular weight is 754 g/mol. The van der Waals surface area contributed by atoms with Crippen LogP contribution in [0.2, 0.25) is 10.0 Å². The lowest BCUT2D eigenvalue weighted by molar-refractivity contribution is 0.0525. The van der Waals surface area contributed by atoms with Crippen molar-refractivity contribution in [3.8, 4) is 22.3 Å². The SMILES string of the molecule is CCOC(=O)c1cccc(-c2cccc3cc(Cc4cccc(Cl)c4)oc23)c1.O=C(O)c1cccc(-c2cccc3cc(Cc4cccc(Cl)c4)oc23)c1. The van der Waals surface area contributed by atoms with E-state index in [0.717, 1.165) is 66.8 Å². The number of hydrogen-bond donors (Lipinski definition) is 1. The van der Waals surface area contributed by atoms with E-state index in [-0.39, 0.29) is 11.5 Å². The van der Waals surface area contributed by atoms with Crippen molar-refractivity contribution in [3.63, 3.8) is 0 Å². The Morgan fingerprint density at radius 1 is 0.574 bits per heavy atom. The zero-order valence-corrected chi connectivity index (χ0v) is 30.7. The number of para-hydroxylation sites is 2. The Hall–Kier alpha value is -6.08. The largest absolute Gasteiger partial charge is 0.478 e. The first-order valence-corrected chi connectivity index (χ1v) is 18.1. The van der Waals surface area contributed by atoms with Gasteiger partial charge >= 0.3 is 11.9 Å². The van der Waals surface area contributed by atoms with Crippen LogP contribution in [-0.4, -0.2) is 23.7 Å². The monoisotopic (exact) mass is 752 g/mol. The van der Waals surface area contributed by atoms with Crippen LogP contribution in [-0.2, 0) is 17.6 Å². The Morgan fingerprint density at radius 3 is 1.52 bits per heavy atom. The van der Waals surface area contributed by atoms with Crippen LogP contribution in [0.3, 0.4) is 0 Å². The number of halogens is 2. The fourth-order valence-electron chi connectivity index (χ4n) is 6.41. The van der Waals surface area contributed by atoms with Gasteiger partial charge in [-0.05, 0) is 89.8 Å². The van der Waals surface area contributed by atoms with Crippen LogP contribution in [0, 0.1) is 0 Å². The number of benzene rings is 6. The first-order chi connectivity index (χ1) is 26.2. The van der Waals surface area contributed by atoms with Gasteiger partial charge in [0, 0.05) is 44.8 Å². The Morgan fingerprint density at radius 2 is 1.04 bits per heavy atom. The molecule has 2 heterocycles. The van der Waals surface area contributed by atoms with Crippen LogP contribution in [0.25, 0.3) is 44.2 Å². The molecule has 0 spiro atoms. The van der Waals surface area contributed by atoms with Gasteiger partial charge in [-0.3, -0.25) is 0 Å². The van der Waals surface area contributed by atoms with Gasteiger partial charge in [-0.1, -0.05) is 108 Å². The molecule has 54 heavy (non-hydrogen) atoms. The molecule has 268 valence electrons. The third-order valence-electron chi connectivity index (χ3n) is 8.83. The highest BCUT2D eigenvalue weighted by Gasteiger charge is 2.15. The first kappa shape index (κ1) is 36.3. The van der Waals surface area contributed by atoms with Gasteiger partial charge in [0.2, 0.25) is 0 Å². The van der Waals surface area contributed by atoms with Crippen molar-refractivity contribution in [2.24, 2.45) is 0 Å². The summed E-state index contributed by atoms with van der Waals surface area (Å²) in [6.07, 6.45) is 1.31. The smallest absolute Gasteiger partial charge is 0.338 e. The van der Waals surface area contributed by atoms with E-state index < -0.39 is 5.97 Å². The van der Waals surface area contributed by atoms with Crippen molar-refractivity contribution in [3.05, 3.63) is 189 Å². The molecule has 0 unspecified atom stereocenters. The number of hydrogen-bond acceptors (Lipinski definition) is 5. The van der Waals surface area contributed by atoms with Crippen molar-refractivity contribution in [2.45, 2.75) is 19.8 Å². The second-order valence-corrected chi connectivity index (χ2v) is 13.5. The molecule has 0 saturated heterocycles. The predicted molar refractivity (Wildman–Crippen MR) is 215 cm³/mol. The summed E-state index contributed by atoms with van der Waals surface area (Å²) in [7, 11) is 0. The van der Waals surface area contributed by atoms with Crippen LogP contribution < -0.4 is 0 Å². The molecule has 0 aliphatic rings. The number of carboxylic acids is 1. The number of carbonyl (C=O) groups is 2. The minimum absolute atomic E-state index is 0.255. The average Bonchev–Trinajstić information content (AvgIpc) is 3.78. The van der Waals surface area contributed by atoms with Crippen LogP contribution in [0.5, 0.6) is 0 Å². The second kappa shape index (κ2) is 16.3. The zero-order valence-electron chi connectivity index (χ0n) is 29.2. The van der Waals surface area contributed by atoms with Gasteiger partial charge in [0.15, 0.2) is 0 Å². The van der Waals surface area contributed by atoms with Crippen LogP contribution in [0.4, 0.5) is 0 Å². The molecule has 0 bridgehead atoms. The summed E-state index contributed by atoms with van der Waals surface area (Å²) in [5.41, 5.74) is 8.08. The molecule has 0 atom stereocenters. The molecule has 1 N–H and O–H groups in total. The molecule has 0 fully saturated rings. The Bertz CT molecular complexity index is 2620. The molecule has 0 aliphatic heterocycles. The Kier molecular flexibility index (Phi) is 10.9. The molecule has 6 aromatic carbocycles. The minimum atomic E-state index is -0.944. The summed E-state index contributed by atoms with van der Waals surface area (Å²) in [5, 5.41) is 12.6. The van der Waals surface area contributed by atoms with Crippen LogP contribution in [0.15, 0.2) is 154 Å². The van der Waals surface area contributed by atoms with Crippen molar-refractivity contribution >= 4 is 57.1 Å². The normalized spacial score (nSPS) is 10.9. The van der Waals surface area contributed by atoms with Crippen molar-refractivity contribution in [1.29, 1.82) is 0 Å². The van der Waals surface area contributed by atoms with Crippen LogP contribution in [0.1, 0.15) is 50.3 Å². The van der Waals surface area contributed by atoms with Crippen molar-refractivity contribution < 1.29 is 28.3 Å². The predicted octanol–water partition coefficient (Wildman–Crippen LogP) is 12.6. The summed E-state index contributed by atoms with van der Waals surface area (Å²) >= 11 is 12.1. The Labute approximate surface area is 322 Å². The maximum Gasteiger partial charge on any atom is 0.338 e. The van der Waals surface area contributed by atoms with Gasteiger partial charge in [-0.15, -0.1) is 0 Å². The van der Waals surface area contributed by atoms with E-state index in [1.165, 1.54) is 0 Å². The van der Waals surface area contributed by atoms with E-state index in [9.17, 15) is 14.7 Å². The summed E-state index contributed by atoms with van der Waals surface area (Å²) in [5.74, 6) is 0.438. The summed E-state index contributed by atoms with van der Waals surface area (Å²) in [6.45, 7) is 2.15. The van der Waals surface area contributed by atoms with Gasteiger partial charge in [0.25, 0.3) is 0 Å². The highest BCUT2D eigenvalue weighted by Crippen LogP contribution is 2.34. The maximum atomic E-state index is 12.1. The quantitative estimate of drug-likeness (QED) is 0.148. The molecule has 8 rings (SSSR count). The number of esters is 1. The number of ether oxygens (including phenoxy) is 1. The van der Waals surface area contributed by atoms with Crippen LogP contribution >= 0.6 is 23.2 Å². The lowest BCUT2D eigenvalue weighted by atomic mass is 10.0. The van der Waals surface area contributed by atoms with E-state index in [1.807, 2.05) is 115 Å². The fraction of sp³-hybridized carbons (Fsp3) is 0.0870. The zero-order chi connectivity index (χ0) is 37.6. The van der Waals surface area contributed by atoms with E-state index in [2.05, 4.69) is 6.07 Å². The van der Waals surface area contributed by atoms with Gasteiger partial charge in [-0.2, -0.15) is 0 Å². The molecule has 8 aromatic rings. The lowest BCUT2D eigenvalue weighted by Crippen LogP contribution is -2.04. The number of fused-ring (bicyclic) bond motifs is 2. The molecular formula is C46H34Cl2O6. The number of carboxylic acid groups (broad SMARTS) is 1. The number of furan rings is 2. The van der Waals surface area contributed by atoms with E-state index in [0.29, 0.717) is 35.1 Å². The number of aromatic carboxylic acids is 1. The second-order valence-electron chi connectivity index (χ2n) is 12.7. The highest BCUT2D eigenvalue weighted by molar-refractivity contribution is 6.30. The van der Waals surface area contributed by atoms with E-state index >= 15 is 0 Å². The first-order valence-electron chi connectivity index (χ1n) is 17.4. The fourth-order valence-corrected chi connectivity index (χ4v) is 6.83. The molecule has 0 amide bonds. The molecule has 0 saturated carbocycles. The molecule has 0 radical (unpaired) electrons. The van der Waals surface area contributed by atoms with Crippen molar-refractivity contribution in [2.75, 3.05) is 6.61 Å². The van der Waals surface area contributed by atoms with Gasteiger partial charge in [0.1, 0.15) is 22.7 Å². The summed E-state index contributed by atoms with van der Waals surface area (Å²) in [4.78, 5) is 23.3. The molecule has 0 aliphatic carbocycles. The molecule has 6 nitrogen and oxygen atoms in total. The topological polar surface area (TPSA) is 89.9 Å². The lowest BCUT2D eigenvalue weighted by Gasteiger charge is -2.06. The van der Waals surface area contributed by atoms with Gasteiger partial charge < -0.3 is 18.7 Å². The van der Waals surface area contributed by atoms with E-state index in [1.54, 1.807) is 31.2 Å². The summed E-state index contributed by atoms with van der Waals surface area (Å²) in [6, 6.07) is 45.7. The molecular weight excluding hydrogens is 719 g/mol. The van der Waals surface area contributed by atoms with Gasteiger partial charge in [-0.25, -0.2) is 9.59 Å². The van der Waals surface area contributed by atoms with Crippen molar-refractivity contribution in [1.82, 2.24) is 0 Å². The van der Waals surface area contributed by atoms with E-state index in [4.69, 9.17) is 36.8 Å². The number of carbonyl (C=O) groups excluding carboxylic acids is 1. The maximum absolute atomic E-state index is 12.1. The number of rotatable bonds is 9. The highest BCUT2D eigenvalue weighted by atomic mass is 35.5. The summed E-state index contributed by atoms with van der Waals surface area (Å²) < 4.78 is 17.4. The Balaban J connectivity index is 0.000000167. The standard InChI is InChI=1S/C24H19ClO3.C22H15ClO3/c1-2-27-24(26)19-9-4-7-17(14-19)22-11-5-8-18-15-21(28-23(18)22)13-16-6-3-10-20(25)12-16;23-18-8-1-4-14(10-18)11-19-13-16-6-3-9-20(21(16)26-19)15-5-2-7-17(12-15)22(24)25/h3-12,14-15H,2,13H2,1H3;1-10,12-13H,11H2,(H,24,25). The molecule has 2 aromatic heterocycles. The minimum Gasteiger partial charge on any atom is -0.478 e. The molecule has 8 heteroatoms. The van der Waals surface area contributed by atoms with Gasteiger partial charge in [0.05, 0.1) is 17.7 Å². The third kappa shape index (κ3) is 8.42.